The van der Waals surface area contributed by atoms with Crippen LogP contribution >= 0.6 is 0 Å². The first kappa shape index (κ1) is 38.2. The second-order valence-electron chi connectivity index (χ2n) is 12.0. The summed E-state index contributed by atoms with van der Waals surface area (Å²) in [5, 5.41) is 25.3. The summed E-state index contributed by atoms with van der Waals surface area (Å²) in [6.07, 6.45) is 6.66. The lowest BCUT2D eigenvalue weighted by atomic mass is 9.84. The van der Waals surface area contributed by atoms with Crippen LogP contribution in [-0.4, -0.2) is 73.3 Å². The number of nitrogens with one attached hydrogen (secondary N) is 2. The van der Waals surface area contributed by atoms with E-state index in [1.807, 2.05) is 74.5 Å². The Hall–Kier alpha value is -4.21. The predicted molar refractivity (Wildman–Crippen MR) is 185 cm³/mol. The van der Waals surface area contributed by atoms with Gasteiger partial charge in [0.2, 0.25) is 15.9 Å². The molecule has 3 atom stereocenters. The number of amides is 2. The third-order valence-corrected chi connectivity index (χ3v) is 10.2. The van der Waals surface area contributed by atoms with E-state index in [0.717, 1.165) is 11.1 Å². The maximum atomic E-state index is 13.9. The lowest BCUT2D eigenvalue weighted by Gasteiger charge is -2.31. The topological polar surface area (TPSA) is 145 Å². The maximum absolute atomic E-state index is 13.9. The number of hydrogen-bond acceptors (Lipinski definition) is 7. The smallest absolute Gasteiger partial charge is 0.407 e. The average Bonchev–Trinajstić information content (AvgIpc) is 3.10. The van der Waals surface area contributed by atoms with Crippen LogP contribution in [0.3, 0.4) is 0 Å². The van der Waals surface area contributed by atoms with E-state index in [-0.39, 0.29) is 30.4 Å². The van der Waals surface area contributed by atoms with Crippen molar-refractivity contribution in [2.24, 2.45) is 5.92 Å². The first-order valence-corrected chi connectivity index (χ1v) is 17.5. The summed E-state index contributed by atoms with van der Waals surface area (Å²) >= 11 is 0. The van der Waals surface area contributed by atoms with Gasteiger partial charge < -0.3 is 25.6 Å². The summed E-state index contributed by atoms with van der Waals surface area (Å²) in [6, 6.07) is 22.2. The molecule has 3 aromatic carbocycles. The van der Waals surface area contributed by atoms with E-state index in [2.05, 4.69) is 16.6 Å². The van der Waals surface area contributed by atoms with Gasteiger partial charge in [0.05, 0.1) is 31.3 Å². The predicted octanol–water partition coefficient (Wildman–Crippen LogP) is 4.42. The fourth-order valence-corrected chi connectivity index (χ4v) is 7.17. The molecule has 0 bridgehead atoms. The summed E-state index contributed by atoms with van der Waals surface area (Å²) in [7, 11) is -2.74. The number of rotatable bonds is 18. The van der Waals surface area contributed by atoms with Crippen LogP contribution in [0.15, 0.2) is 89.8 Å². The zero-order chi connectivity index (χ0) is 35.1. The molecular weight excluding hydrogens is 630 g/mol. The summed E-state index contributed by atoms with van der Waals surface area (Å²) in [6.45, 7) is 3.60. The van der Waals surface area contributed by atoms with Crippen LogP contribution in [0.1, 0.15) is 62.1 Å². The molecule has 0 aliphatic carbocycles. The Balaban J connectivity index is 1.79. The minimum Gasteiger partial charge on any atom is -0.453 e. The van der Waals surface area contributed by atoms with Gasteiger partial charge in [-0.3, -0.25) is 4.79 Å². The molecule has 0 aromatic heterocycles. The lowest BCUT2D eigenvalue weighted by molar-refractivity contribution is -0.123. The molecule has 258 valence electrons. The molecule has 3 aromatic rings. The second kappa shape index (κ2) is 19.0. The van der Waals surface area contributed by atoms with E-state index >= 15 is 0 Å². The lowest BCUT2D eigenvalue weighted by Crippen LogP contribution is -2.52. The highest BCUT2D eigenvalue weighted by Gasteiger charge is 2.34. The molecule has 48 heavy (non-hydrogen) atoms. The fraction of sp³-hybridized carbons (Fsp3) is 0.405. The van der Waals surface area contributed by atoms with Gasteiger partial charge in [-0.2, -0.15) is 4.31 Å². The summed E-state index contributed by atoms with van der Waals surface area (Å²) < 4.78 is 33.7. The van der Waals surface area contributed by atoms with Gasteiger partial charge in [0.25, 0.3) is 0 Å². The second-order valence-corrected chi connectivity index (χ2v) is 13.9. The molecular formula is C37H47N3O7S. The Morgan fingerprint density at radius 1 is 0.875 bits per heavy atom. The number of alkyl carbamates (subject to hydrolysis) is 1. The molecule has 3 rings (SSSR count). The minimum absolute atomic E-state index is 0.0752. The van der Waals surface area contributed by atoms with E-state index in [0.29, 0.717) is 24.8 Å². The van der Waals surface area contributed by atoms with E-state index in [4.69, 9.17) is 11.2 Å². The van der Waals surface area contributed by atoms with Crippen molar-refractivity contribution in [1.29, 1.82) is 0 Å². The zero-order valence-electron chi connectivity index (χ0n) is 27.8. The van der Waals surface area contributed by atoms with Crippen molar-refractivity contribution >= 4 is 22.0 Å². The van der Waals surface area contributed by atoms with Crippen LogP contribution in [0.2, 0.25) is 0 Å². The third-order valence-electron chi connectivity index (χ3n) is 8.20. The van der Waals surface area contributed by atoms with Gasteiger partial charge in [-0.15, -0.1) is 6.42 Å². The Morgan fingerprint density at radius 3 is 1.94 bits per heavy atom. The number of carbonyl (C=O) groups excluding carboxylic acids is 2. The number of hydrogen-bond donors (Lipinski definition) is 4. The molecule has 11 heteroatoms. The number of aliphatic hydroxyl groups is 2. The van der Waals surface area contributed by atoms with E-state index in [1.54, 1.807) is 12.1 Å². The molecule has 0 radical (unpaired) electrons. The van der Waals surface area contributed by atoms with Crippen LogP contribution < -0.4 is 10.6 Å². The fourth-order valence-electron chi connectivity index (χ4n) is 5.51. The summed E-state index contributed by atoms with van der Waals surface area (Å²) in [5.41, 5.74) is 2.20. The third kappa shape index (κ3) is 10.7. The van der Waals surface area contributed by atoms with Crippen molar-refractivity contribution in [1.82, 2.24) is 14.9 Å². The van der Waals surface area contributed by atoms with Crippen molar-refractivity contribution in [2.75, 3.05) is 20.3 Å². The quantitative estimate of drug-likeness (QED) is 0.146. The first-order valence-electron chi connectivity index (χ1n) is 16.1. The van der Waals surface area contributed by atoms with Crippen molar-refractivity contribution in [3.05, 3.63) is 102 Å². The molecule has 0 saturated carbocycles. The molecule has 0 aliphatic heterocycles. The highest BCUT2D eigenvalue weighted by molar-refractivity contribution is 7.89. The van der Waals surface area contributed by atoms with Gasteiger partial charge in [-0.05, 0) is 60.4 Å². The number of ether oxygens (including phenoxy) is 1. The number of aliphatic hydroxyl groups excluding tert-OH is 2. The molecule has 0 spiro atoms. The first-order chi connectivity index (χ1) is 23.0. The Kier molecular flexibility index (Phi) is 15.1. The minimum atomic E-state index is -3.97. The van der Waals surface area contributed by atoms with Gasteiger partial charge >= 0.3 is 6.09 Å². The number of sulfonamides is 1. The van der Waals surface area contributed by atoms with Crippen LogP contribution in [0.5, 0.6) is 0 Å². The molecule has 0 aliphatic rings. The molecule has 4 N–H and O–H groups in total. The van der Waals surface area contributed by atoms with E-state index in [9.17, 15) is 28.2 Å². The van der Waals surface area contributed by atoms with Crippen molar-refractivity contribution in [2.45, 2.75) is 75.1 Å². The zero-order valence-corrected chi connectivity index (χ0v) is 28.6. The van der Waals surface area contributed by atoms with Crippen LogP contribution in [0.4, 0.5) is 4.79 Å². The standard InChI is InChI=1S/C37H47N3O7S/c1-5-31(17-12-18-32(26-42)40(24-23-27(2)3)48(45,46)33-21-19-28(25-41)20-22-33)38-36(43)35(39-37(44)47-4)34(29-13-8-6-9-14-29)30-15-10-7-11-16-30/h1,6-11,13-16,19-22,27,31-32,34-35,41-42H,12,17-18,23-26H2,2-4H3,(H,38,43)(H,39,44)/t31-,32-,35-/m0/s1. The molecule has 0 fully saturated rings. The summed E-state index contributed by atoms with van der Waals surface area (Å²) in [5.74, 6) is 1.77. The normalized spacial score (nSPS) is 13.5. The number of carbonyl (C=O) groups is 2. The molecule has 0 heterocycles. The molecule has 0 saturated heterocycles. The van der Waals surface area contributed by atoms with Crippen molar-refractivity contribution < 1.29 is 33.0 Å². The number of methoxy groups -OCH3 is 1. The number of benzene rings is 3. The van der Waals surface area contributed by atoms with E-state index < -0.39 is 52.7 Å². The van der Waals surface area contributed by atoms with E-state index in [1.165, 1.54) is 23.5 Å². The van der Waals surface area contributed by atoms with Gasteiger partial charge in [-0.25, -0.2) is 13.2 Å². The number of nitrogens with zero attached hydrogens (tertiary/aromatic N) is 1. The van der Waals surface area contributed by atoms with Gasteiger partial charge in [0, 0.05) is 18.5 Å². The summed E-state index contributed by atoms with van der Waals surface area (Å²) in [4.78, 5) is 26.4. The Morgan fingerprint density at radius 2 is 1.46 bits per heavy atom. The highest BCUT2D eigenvalue weighted by Crippen LogP contribution is 2.29. The van der Waals surface area contributed by atoms with Gasteiger partial charge in [-0.1, -0.05) is 92.6 Å². The van der Waals surface area contributed by atoms with Crippen LogP contribution in [0, 0.1) is 18.3 Å². The number of terminal acetylenes is 1. The molecule has 0 unspecified atom stereocenters. The molecule has 10 nitrogen and oxygen atoms in total. The Bertz CT molecular complexity index is 1540. The Labute approximate surface area is 284 Å². The van der Waals surface area contributed by atoms with Crippen molar-refractivity contribution in [3.63, 3.8) is 0 Å². The van der Waals surface area contributed by atoms with Crippen molar-refractivity contribution in [3.8, 4) is 12.3 Å². The van der Waals surface area contributed by atoms with Crippen LogP contribution in [-0.2, 0) is 26.2 Å². The van der Waals surface area contributed by atoms with Gasteiger partial charge in [0.1, 0.15) is 6.04 Å². The largest absolute Gasteiger partial charge is 0.453 e. The average molecular weight is 678 g/mol. The SMILES string of the molecule is C#C[C@@H](CCC[C@@H](CO)N(CCC(C)C)S(=O)(=O)c1ccc(CO)cc1)NC(=O)[C@@H](NC(=O)OC)C(c1ccccc1)c1ccccc1. The highest BCUT2D eigenvalue weighted by atomic mass is 32.2. The maximum Gasteiger partial charge on any atom is 0.407 e. The monoisotopic (exact) mass is 677 g/mol. The van der Waals surface area contributed by atoms with Crippen LogP contribution in [0.25, 0.3) is 0 Å². The van der Waals surface area contributed by atoms with Gasteiger partial charge in [0.15, 0.2) is 0 Å². The molecule has 2 amide bonds.